The summed E-state index contributed by atoms with van der Waals surface area (Å²) in [5, 5.41) is 10.4. The van der Waals surface area contributed by atoms with E-state index >= 15 is 0 Å². The lowest BCUT2D eigenvalue weighted by molar-refractivity contribution is -0.133. The molecule has 1 atom stereocenters. The van der Waals surface area contributed by atoms with Gasteiger partial charge >= 0.3 is 0 Å². The van der Waals surface area contributed by atoms with Gasteiger partial charge in [-0.1, -0.05) is 42.5 Å². The second-order valence-corrected chi connectivity index (χ2v) is 6.96. The van der Waals surface area contributed by atoms with E-state index in [1.807, 2.05) is 59.5 Å². The molecule has 0 saturated carbocycles. The molecule has 3 rings (SSSR count). The summed E-state index contributed by atoms with van der Waals surface area (Å²) in [5.41, 5.74) is 2.09. The number of β-amino-alcohol motifs (C(OH)–C–C–N with tert-alkyl or cyclic N) is 1. The minimum Gasteiger partial charge on any atom is -0.497 e. The topological polar surface area (TPSA) is 53.0 Å². The number of aryl methyl sites for hydroxylation is 1. The molecule has 2 aromatic rings. The summed E-state index contributed by atoms with van der Waals surface area (Å²) in [6.45, 7) is 3.67. The molecule has 0 aromatic heterocycles. The van der Waals surface area contributed by atoms with Crippen molar-refractivity contribution < 1.29 is 14.6 Å². The number of rotatable bonds is 7. The summed E-state index contributed by atoms with van der Waals surface area (Å²) in [4.78, 5) is 16.6. The van der Waals surface area contributed by atoms with E-state index in [0.29, 0.717) is 13.0 Å². The Morgan fingerprint density at radius 2 is 1.70 bits per heavy atom. The third-order valence-corrected chi connectivity index (χ3v) is 5.13. The molecule has 1 aliphatic rings. The maximum absolute atomic E-state index is 12.5. The first-order chi connectivity index (χ1) is 13.2. The zero-order valence-corrected chi connectivity index (χ0v) is 15.9. The molecule has 1 N–H and O–H groups in total. The fourth-order valence-electron chi connectivity index (χ4n) is 3.41. The average molecular weight is 368 g/mol. The number of hydrogen-bond donors (Lipinski definition) is 1. The summed E-state index contributed by atoms with van der Waals surface area (Å²) in [6, 6.07) is 17.6. The molecule has 0 aliphatic carbocycles. The molecule has 27 heavy (non-hydrogen) atoms. The highest BCUT2D eigenvalue weighted by Crippen LogP contribution is 2.16. The third-order valence-electron chi connectivity index (χ3n) is 5.13. The van der Waals surface area contributed by atoms with Crippen LogP contribution < -0.4 is 4.74 Å². The van der Waals surface area contributed by atoms with Gasteiger partial charge in [0, 0.05) is 39.1 Å². The number of amides is 1. The molecule has 1 amide bonds. The second kappa shape index (κ2) is 9.53. The first-order valence-electron chi connectivity index (χ1n) is 9.52. The van der Waals surface area contributed by atoms with Gasteiger partial charge in [-0.2, -0.15) is 0 Å². The summed E-state index contributed by atoms with van der Waals surface area (Å²) >= 11 is 0. The number of methoxy groups -OCH3 is 1. The standard InChI is InChI=1S/C22H28N2O3/c1-27-20-10-7-18(8-11-20)9-12-22(26)24-15-13-23(14-16-24)17-21(25)19-5-3-2-4-6-19/h2-8,10-11,21,25H,9,12-17H2,1H3. The Balaban J connectivity index is 1.41. The molecule has 0 bridgehead atoms. The van der Waals surface area contributed by atoms with Crippen molar-refractivity contribution in [2.45, 2.75) is 18.9 Å². The smallest absolute Gasteiger partial charge is 0.222 e. The van der Waals surface area contributed by atoms with E-state index in [4.69, 9.17) is 4.74 Å². The molecule has 1 unspecified atom stereocenters. The van der Waals surface area contributed by atoms with E-state index in [0.717, 1.165) is 49.5 Å². The highest BCUT2D eigenvalue weighted by Gasteiger charge is 2.22. The third kappa shape index (κ3) is 5.55. The minimum absolute atomic E-state index is 0.203. The summed E-state index contributed by atoms with van der Waals surface area (Å²) in [5.74, 6) is 1.04. The molecular weight excluding hydrogens is 340 g/mol. The van der Waals surface area contributed by atoms with Crippen molar-refractivity contribution in [1.82, 2.24) is 9.80 Å². The van der Waals surface area contributed by atoms with Crippen LogP contribution in [0.1, 0.15) is 23.7 Å². The van der Waals surface area contributed by atoms with Gasteiger partial charge in [0.05, 0.1) is 13.2 Å². The van der Waals surface area contributed by atoms with Gasteiger partial charge in [-0.05, 0) is 29.7 Å². The van der Waals surface area contributed by atoms with Gasteiger partial charge in [-0.25, -0.2) is 0 Å². The highest BCUT2D eigenvalue weighted by molar-refractivity contribution is 5.76. The van der Waals surface area contributed by atoms with Crippen molar-refractivity contribution in [2.24, 2.45) is 0 Å². The van der Waals surface area contributed by atoms with Crippen molar-refractivity contribution in [3.8, 4) is 5.75 Å². The molecule has 144 valence electrons. The molecule has 1 saturated heterocycles. The van der Waals surface area contributed by atoms with Gasteiger partial charge in [-0.15, -0.1) is 0 Å². The average Bonchev–Trinajstić information content (AvgIpc) is 2.73. The van der Waals surface area contributed by atoms with Gasteiger partial charge in [0.1, 0.15) is 5.75 Å². The number of nitrogens with zero attached hydrogens (tertiary/aromatic N) is 2. The number of hydrogen-bond acceptors (Lipinski definition) is 4. The van der Waals surface area contributed by atoms with Gasteiger partial charge in [0.15, 0.2) is 0 Å². The van der Waals surface area contributed by atoms with Crippen LogP contribution in [0.3, 0.4) is 0 Å². The van der Waals surface area contributed by atoms with Crippen LogP contribution in [0, 0.1) is 0 Å². The number of benzene rings is 2. The van der Waals surface area contributed by atoms with Crippen LogP contribution >= 0.6 is 0 Å². The molecule has 1 heterocycles. The number of carbonyl (C=O) groups excluding carboxylic acids is 1. The zero-order chi connectivity index (χ0) is 19.1. The van der Waals surface area contributed by atoms with Crippen molar-refractivity contribution in [2.75, 3.05) is 39.8 Å². The monoisotopic (exact) mass is 368 g/mol. The van der Waals surface area contributed by atoms with Crippen LogP contribution in [0.4, 0.5) is 0 Å². The van der Waals surface area contributed by atoms with Crippen LogP contribution in [0.5, 0.6) is 5.75 Å². The zero-order valence-electron chi connectivity index (χ0n) is 15.9. The molecule has 0 spiro atoms. The summed E-state index contributed by atoms with van der Waals surface area (Å²) in [7, 11) is 1.65. The largest absolute Gasteiger partial charge is 0.497 e. The Morgan fingerprint density at radius 3 is 2.33 bits per heavy atom. The fourth-order valence-corrected chi connectivity index (χ4v) is 3.41. The van der Waals surface area contributed by atoms with Crippen LogP contribution in [0.15, 0.2) is 54.6 Å². The summed E-state index contributed by atoms with van der Waals surface area (Å²) < 4.78 is 5.16. The SMILES string of the molecule is COc1ccc(CCC(=O)N2CCN(CC(O)c3ccccc3)CC2)cc1. The van der Waals surface area contributed by atoms with E-state index < -0.39 is 6.10 Å². The molecule has 1 aliphatic heterocycles. The van der Waals surface area contributed by atoms with Crippen LogP contribution in [0.25, 0.3) is 0 Å². The lowest BCUT2D eigenvalue weighted by atomic mass is 10.1. The van der Waals surface area contributed by atoms with E-state index in [1.165, 1.54) is 0 Å². The lowest BCUT2D eigenvalue weighted by Gasteiger charge is -2.35. The van der Waals surface area contributed by atoms with Crippen molar-refractivity contribution in [1.29, 1.82) is 0 Å². The number of ether oxygens (including phenoxy) is 1. The quantitative estimate of drug-likeness (QED) is 0.816. The van der Waals surface area contributed by atoms with Crippen LogP contribution in [-0.2, 0) is 11.2 Å². The van der Waals surface area contributed by atoms with Crippen LogP contribution in [-0.4, -0.2) is 60.6 Å². The Hall–Kier alpha value is -2.37. The first kappa shape index (κ1) is 19.4. The number of aliphatic hydroxyl groups is 1. The van der Waals surface area contributed by atoms with Gasteiger partial charge in [-0.3, -0.25) is 9.69 Å². The minimum atomic E-state index is -0.483. The predicted molar refractivity (Wildman–Crippen MR) is 106 cm³/mol. The van der Waals surface area contributed by atoms with E-state index in [2.05, 4.69) is 4.90 Å². The number of carbonyl (C=O) groups is 1. The summed E-state index contributed by atoms with van der Waals surface area (Å²) in [6.07, 6.45) is 0.790. The Morgan fingerprint density at radius 1 is 1.04 bits per heavy atom. The molecule has 5 nitrogen and oxygen atoms in total. The number of piperazine rings is 1. The van der Waals surface area contributed by atoms with Crippen molar-refractivity contribution >= 4 is 5.91 Å². The molecular formula is C22H28N2O3. The number of aliphatic hydroxyl groups excluding tert-OH is 1. The molecule has 0 radical (unpaired) electrons. The van der Waals surface area contributed by atoms with E-state index in [-0.39, 0.29) is 5.91 Å². The molecule has 2 aromatic carbocycles. The fraction of sp³-hybridized carbons (Fsp3) is 0.409. The Labute approximate surface area is 161 Å². The van der Waals surface area contributed by atoms with E-state index in [9.17, 15) is 9.90 Å². The maximum Gasteiger partial charge on any atom is 0.222 e. The molecule has 1 fully saturated rings. The second-order valence-electron chi connectivity index (χ2n) is 6.96. The van der Waals surface area contributed by atoms with Crippen molar-refractivity contribution in [3.05, 3.63) is 65.7 Å². The first-order valence-corrected chi connectivity index (χ1v) is 9.52. The Bertz CT molecular complexity index is 710. The van der Waals surface area contributed by atoms with E-state index in [1.54, 1.807) is 7.11 Å². The highest BCUT2D eigenvalue weighted by atomic mass is 16.5. The maximum atomic E-state index is 12.5. The predicted octanol–water partition coefficient (Wildman–Crippen LogP) is 2.51. The van der Waals surface area contributed by atoms with Gasteiger partial charge < -0.3 is 14.7 Å². The van der Waals surface area contributed by atoms with Crippen molar-refractivity contribution in [3.63, 3.8) is 0 Å². The normalized spacial score (nSPS) is 16.1. The molecule has 5 heteroatoms. The van der Waals surface area contributed by atoms with Gasteiger partial charge in [0.25, 0.3) is 0 Å². The lowest BCUT2D eigenvalue weighted by Crippen LogP contribution is -2.49. The van der Waals surface area contributed by atoms with Gasteiger partial charge in [0.2, 0.25) is 5.91 Å². The van der Waals surface area contributed by atoms with Crippen LogP contribution in [0.2, 0.25) is 0 Å². The Kier molecular flexibility index (Phi) is 6.85.